The molecule has 4 heteroatoms. The molecule has 17 heavy (non-hydrogen) atoms. The molecule has 3 nitrogen and oxygen atoms in total. The van der Waals surface area contributed by atoms with Gasteiger partial charge >= 0.3 is 0 Å². The van der Waals surface area contributed by atoms with Gasteiger partial charge in [-0.05, 0) is 31.0 Å². The Hall–Kier alpha value is -0.740. The summed E-state index contributed by atoms with van der Waals surface area (Å²) in [7, 11) is 1.67. The zero-order valence-electron chi connectivity index (χ0n) is 10.0. The van der Waals surface area contributed by atoms with Crippen LogP contribution in [-0.2, 0) is 0 Å². The summed E-state index contributed by atoms with van der Waals surface area (Å²) in [6.45, 7) is 1.06. The van der Waals surface area contributed by atoms with Crippen LogP contribution in [0.25, 0.3) is 0 Å². The summed E-state index contributed by atoms with van der Waals surface area (Å²) in [6.07, 6.45) is 3.43. The Morgan fingerprint density at radius 1 is 1.47 bits per heavy atom. The number of hydrogen-bond donors (Lipinski definition) is 2. The number of aliphatic hydroxyl groups is 1. The van der Waals surface area contributed by atoms with Crippen molar-refractivity contribution in [2.75, 3.05) is 25.6 Å². The Bertz CT molecular complexity index is 385. The summed E-state index contributed by atoms with van der Waals surface area (Å²) >= 11 is 3.45. The van der Waals surface area contributed by atoms with Gasteiger partial charge in [-0.25, -0.2) is 0 Å². The largest absolute Gasteiger partial charge is 0.495 e. The molecule has 1 fully saturated rings. The highest BCUT2D eigenvalue weighted by molar-refractivity contribution is 9.10. The molecule has 94 valence electrons. The van der Waals surface area contributed by atoms with Crippen LogP contribution < -0.4 is 10.1 Å². The van der Waals surface area contributed by atoms with E-state index in [1.165, 1.54) is 6.42 Å². The number of methoxy groups -OCH3 is 1. The van der Waals surface area contributed by atoms with E-state index in [0.29, 0.717) is 0 Å². The summed E-state index contributed by atoms with van der Waals surface area (Å²) in [5.41, 5.74) is 1.05. The van der Waals surface area contributed by atoms with Gasteiger partial charge in [0, 0.05) is 16.4 Å². The fraction of sp³-hybridized carbons (Fsp3) is 0.538. The first-order valence-corrected chi connectivity index (χ1v) is 6.67. The lowest BCUT2D eigenvalue weighted by atomic mass is 9.69. The van der Waals surface area contributed by atoms with E-state index in [-0.39, 0.29) is 12.0 Å². The van der Waals surface area contributed by atoms with Gasteiger partial charge in [0.15, 0.2) is 0 Å². The summed E-state index contributed by atoms with van der Waals surface area (Å²) in [5.74, 6) is 0.834. The van der Waals surface area contributed by atoms with Gasteiger partial charge in [-0.2, -0.15) is 0 Å². The van der Waals surface area contributed by atoms with E-state index in [2.05, 4.69) is 21.2 Å². The Labute approximate surface area is 110 Å². The van der Waals surface area contributed by atoms with Crippen LogP contribution in [0, 0.1) is 5.41 Å². The molecule has 2 N–H and O–H groups in total. The molecule has 1 aliphatic rings. The van der Waals surface area contributed by atoms with E-state index in [0.717, 1.165) is 35.3 Å². The Morgan fingerprint density at radius 3 is 2.76 bits per heavy atom. The second-order valence-corrected chi connectivity index (χ2v) is 5.63. The van der Waals surface area contributed by atoms with Gasteiger partial charge in [0.25, 0.3) is 0 Å². The van der Waals surface area contributed by atoms with E-state index in [4.69, 9.17) is 4.74 Å². The molecule has 0 amide bonds. The number of hydrogen-bond acceptors (Lipinski definition) is 3. The van der Waals surface area contributed by atoms with E-state index in [9.17, 15) is 5.11 Å². The smallest absolute Gasteiger partial charge is 0.142 e. The molecular formula is C13H18BrNO2. The van der Waals surface area contributed by atoms with Crippen LogP contribution in [0.5, 0.6) is 5.75 Å². The van der Waals surface area contributed by atoms with Crippen LogP contribution in [0.15, 0.2) is 22.7 Å². The molecule has 0 radical (unpaired) electrons. The van der Waals surface area contributed by atoms with Crippen molar-refractivity contribution in [1.29, 1.82) is 0 Å². The molecule has 0 spiro atoms. The number of anilines is 1. The monoisotopic (exact) mass is 299 g/mol. The number of nitrogens with one attached hydrogen (secondary N) is 1. The van der Waals surface area contributed by atoms with Crippen molar-refractivity contribution in [2.24, 2.45) is 5.41 Å². The molecule has 2 rings (SSSR count). The van der Waals surface area contributed by atoms with E-state index in [1.54, 1.807) is 7.11 Å². The highest BCUT2D eigenvalue weighted by atomic mass is 79.9. The van der Waals surface area contributed by atoms with Gasteiger partial charge in [0.2, 0.25) is 0 Å². The molecule has 1 aromatic rings. The lowest BCUT2D eigenvalue weighted by Gasteiger charge is -2.40. The normalized spacial score (nSPS) is 17.4. The second kappa shape index (κ2) is 5.27. The van der Waals surface area contributed by atoms with Crippen molar-refractivity contribution in [3.63, 3.8) is 0 Å². The fourth-order valence-corrected chi connectivity index (χ4v) is 2.53. The van der Waals surface area contributed by atoms with Gasteiger partial charge in [0.05, 0.1) is 19.4 Å². The molecular weight excluding hydrogens is 282 g/mol. The first-order chi connectivity index (χ1) is 8.19. The minimum atomic E-state index is 0.0767. The summed E-state index contributed by atoms with van der Waals surface area (Å²) in [5, 5.41) is 12.8. The number of benzene rings is 1. The molecule has 0 saturated heterocycles. The van der Waals surface area contributed by atoms with Crippen LogP contribution in [0.3, 0.4) is 0 Å². The molecule has 0 aliphatic heterocycles. The molecule has 0 aromatic heterocycles. The highest BCUT2D eigenvalue weighted by Crippen LogP contribution is 2.41. The zero-order chi connectivity index (χ0) is 12.3. The predicted molar refractivity (Wildman–Crippen MR) is 72.6 cm³/mol. The van der Waals surface area contributed by atoms with Crippen molar-refractivity contribution < 1.29 is 9.84 Å². The van der Waals surface area contributed by atoms with E-state index >= 15 is 0 Å². The van der Waals surface area contributed by atoms with Crippen molar-refractivity contribution >= 4 is 21.6 Å². The van der Waals surface area contributed by atoms with Crippen LogP contribution in [-0.4, -0.2) is 25.4 Å². The quantitative estimate of drug-likeness (QED) is 0.878. The third-order valence-corrected chi connectivity index (χ3v) is 4.06. The lowest BCUT2D eigenvalue weighted by Crippen LogP contribution is -2.39. The number of ether oxygens (including phenoxy) is 1. The van der Waals surface area contributed by atoms with Crippen molar-refractivity contribution in [3.05, 3.63) is 22.7 Å². The van der Waals surface area contributed by atoms with Crippen LogP contribution in [0.1, 0.15) is 19.3 Å². The Morgan fingerprint density at radius 2 is 2.24 bits per heavy atom. The average molecular weight is 300 g/mol. The molecule has 1 aliphatic carbocycles. The number of halogens is 1. The third-order valence-electron chi connectivity index (χ3n) is 3.56. The first kappa shape index (κ1) is 12.7. The van der Waals surface area contributed by atoms with Crippen LogP contribution in [0.2, 0.25) is 0 Å². The van der Waals surface area contributed by atoms with Crippen LogP contribution >= 0.6 is 15.9 Å². The number of rotatable bonds is 5. The van der Waals surface area contributed by atoms with E-state index < -0.39 is 0 Å². The first-order valence-electron chi connectivity index (χ1n) is 5.87. The van der Waals surface area contributed by atoms with Gasteiger partial charge in [-0.1, -0.05) is 22.4 Å². The summed E-state index contributed by atoms with van der Waals surface area (Å²) < 4.78 is 6.33. The molecule has 0 heterocycles. The minimum Gasteiger partial charge on any atom is -0.495 e. The Kier molecular flexibility index (Phi) is 3.94. The molecule has 0 atom stereocenters. The fourth-order valence-electron chi connectivity index (χ4n) is 2.17. The molecule has 1 saturated carbocycles. The Balaban J connectivity index is 2.05. The molecule has 0 unspecified atom stereocenters. The van der Waals surface area contributed by atoms with Gasteiger partial charge in [-0.3, -0.25) is 0 Å². The van der Waals surface area contributed by atoms with Gasteiger partial charge < -0.3 is 15.2 Å². The maximum absolute atomic E-state index is 9.42. The molecule has 1 aromatic carbocycles. The van der Waals surface area contributed by atoms with Gasteiger partial charge in [-0.15, -0.1) is 0 Å². The summed E-state index contributed by atoms with van der Waals surface area (Å²) in [4.78, 5) is 0. The van der Waals surface area contributed by atoms with Crippen LogP contribution in [0.4, 0.5) is 5.69 Å². The minimum absolute atomic E-state index is 0.0767. The van der Waals surface area contributed by atoms with Crippen molar-refractivity contribution in [2.45, 2.75) is 19.3 Å². The topological polar surface area (TPSA) is 41.5 Å². The zero-order valence-corrected chi connectivity index (χ0v) is 11.6. The average Bonchev–Trinajstić information content (AvgIpc) is 2.28. The van der Waals surface area contributed by atoms with E-state index in [1.807, 2.05) is 18.2 Å². The van der Waals surface area contributed by atoms with Crippen molar-refractivity contribution in [1.82, 2.24) is 0 Å². The third kappa shape index (κ3) is 2.75. The predicted octanol–water partition coefficient (Wildman–Crippen LogP) is 3.03. The maximum Gasteiger partial charge on any atom is 0.142 e. The highest BCUT2D eigenvalue weighted by Gasteiger charge is 2.36. The van der Waals surface area contributed by atoms with Gasteiger partial charge in [0.1, 0.15) is 5.75 Å². The molecule has 0 bridgehead atoms. The SMILES string of the molecule is COc1ccc(Br)cc1NCC1(CO)CCC1. The maximum atomic E-state index is 9.42. The second-order valence-electron chi connectivity index (χ2n) is 4.71. The number of aliphatic hydroxyl groups excluding tert-OH is 1. The lowest BCUT2D eigenvalue weighted by molar-refractivity contribution is 0.0576. The summed E-state index contributed by atoms with van der Waals surface area (Å²) in [6, 6.07) is 5.89. The standard InChI is InChI=1S/C13H18BrNO2/c1-17-12-4-3-10(14)7-11(12)15-8-13(9-16)5-2-6-13/h3-4,7,15-16H,2,5-6,8-9H2,1H3. The van der Waals surface area contributed by atoms with Crippen molar-refractivity contribution in [3.8, 4) is 5.75 Å².